The van der Waals surface area contributed by atoms with Gasteiger partial charge in [-0.1, -0.05) is 13.3 Å². The van der Waals surface area contributed by atoms with Crippen LogP contribution in [0.15, 0.2) is 24.3 Å². The number of thioether (sulfide) groups is 1. The van der Waals surface area contributed by atoms with Crippen molar-refractivity contribution >= 4 is 17.5 Å². The molecule has 0 fully saturated rings. The average molecular weight is 252 g/mol. The van der Waals surface area contributed by atoms with E-state index in [0.717, 1.165) is 36.5 Å². The van der Waals surface area contributed by atoms with E-state index < -0.39 is 0 Å². The number of ether oxygens (including phenoxy) is 1. The molecule has 0 aliphatic carbocycles. The minimum absolute atomic E-state index is 0.208. The average Bonchev–Trinajstić information content (AvgIpc) is 2.37. The van der Waals surface area contributed by atoms with Crippen LogP contribution in [-0.2, 0) is 0 Å². The molecule has 0 unspecified atom stereocenters. The third-order valence-electron chi connectivity index (χ3n) is 2.48. The van der Waals surface area contributed by atoms with E-state index in [1.165, 1.54) is 0 Å². The summed E-state index contributed by atoms with van der Waals surface area (Å²) >= 11 is 1.70. The minimum Gasteiger partial charge on any atom is -0.494 e. The molecule has 2 nitrogen and oxygen atoms in total. The van der Waals surface area contributed by atoms with Crippen molar-refractivity contribution < 1.29 is 9.53 Å². The van der Waals surface area contributed by atoms with Crippen molar-refractivity contribution in [3.8, 4) is 5.75 Å². The molecule has 0 bridgehead atoms. The van der Waals surface area contributed by atoms with Gasteiger partial charge in [-0.15, -0.1) is 0 Å². The number of rotatable bonds is 8. The van der Waals surface area contributed by atoms with Crippen molar-refractivity contribution in [2.24, 2.45) is 0 Å². The lowest BCUT2D eigenvalue weighted by molar-refractivity contribution is 0.0989. The summed E-state index contributed by atoms with van der Waals surface area (Å²) in [4.78, 5) is 11.7. The fourth-order valence-electron chi connectivity index (χ4n) is 1.41. The molecule has 0 saturated heterocycles. The van der Waals surface area contributed by atoms with Crippen molar-refractivity contribution in [2.75, 3.05) is 18.6 Å². The first-order valence-electron chi connectivity index (χ1n) is 6.03. The van der Waals surface area contributed by atoms with Gasteiger partial charge in [0.2, 0.25) is 0 Å². The summed E-state index contributed by atoms with van der Waals surface area (Å²) in [7, 11) is 0. The summed E-state index contributed by atoms with van der Waals surface area (Å²) in [6.45, 7) is 2.88. The van der Waals surface area contributed by atoms with Gasteiger partial charge in [0.15, 0.2) is 5.78 Å². The van der Waals surface area contributed by atoms with Crippen LogP contribution < -0.4 is 4.74 Å². The third kappa shape index (κ3) is 5.26. The lowest BCUT2D eigenvalue weighted by atomic mass is 10.1. The molecule has 1 aromatic rings. The van der Waals surface area contributed by atoms with E-state index in [1.807, 2.05) is 30.5 Å². The van der Waals surface area contributed by atoms with Gasteiger partial charge in [0, 0.05) is 17.7 Å². The second-order valence-electron chi connectivity index (χ2n) is 3.89. The number of carbonyl (C=O) groups excluding carboxylic acids is 1. The molecule has 17 heavy (non-hydrogen) atoms. The number of Topliss-reactive ketones (excluding diaryl/α,β-unsaturated/α-hetero) is 1. The van der Waals surface area contributed by atoms with Gasteiger partial charge in [-0.2, -0.15) is 11.8 Å². The predicted molar refractivity (Wildman–Crippen MR) is 74.2 cm³/mol. The highest BCUT2D eigenvalue weighted by Crippen LogP contribution is 2.14. The highest BCUT2D eigenvalue weighted by Gasteiger charge is 2.05. The van der Waals surface area contributed by atoms with Crippen LogP contribution in [-0.4, -0.2) is 24.4 Å². The number of benzene rings is 1. The Kier molecular flexibility index (Phi) is 6.78. The van der Waals surface area contributed by atoms with Gasteiger partial charge in [0.1, 0.15) is 5.75 Å². The number of unbranched alkanes of at least 4 members (excludes halogenated alkanes) is 1. The van der Waals surface area contributed by atoms with Crippen LogP contribution in [0.1, 0.15) is 36.5 Å². The van der Waals surface area contributed by atoms with E-state index in [2.05, 4.69) is 6.92 Å². The summed E-state index contributed by atoms with van der Waals surface area (Å²) in [5.41, 5.74) is 0.780. The first-order valence-corrected chi connectivity index (χ1v) is 7.42. The van der Waals surface area contributed by atoms with Gasteiger partial charge in [0.05, 0.1) is 6.61 Å². The van der Waals surface area contributed by atoms with Crippen LogP contribution in [0.5, 0.6) is 5.75 Å². The Balaban J connectivity index is 2.46. The van der Waals surface area contributed by atoms with Crippen LogP contribution >= 0.6 is 11.8 Å². The maximum absolute atomic E-state index is 11.7. The summed E-state index contributed by atoms with van der Waals surface area (Å²) in [5.74, 6) is 1.94. The van der Waals surface area contributed by atoms with Crippen LogP contribution in [0.25, 0.3) is 0 Å². The van der Waals surface area contributed by atoms with Crippen LogP contribution in [0.3, 0.4) is 0 Å². The van der Waals surface area contributed by atoms with E-state index in [0.29, 0.717) is 6.42 Å². The monoisotopic (exact) mass is 252 g/mol. The van der Waals surface area contributed by atoms with Gasteiger partial charge in [-0.3, -0.25) is 4.79 Å². The maximum atomic E-state index is 11.7. The Labute approximate surface area is 108 Å². The number of ketones is 1. The molecule has 0 spiro atoms. The van der Waals surface area contributed by atoms with Crippen LogP contribution in [0.2, 0.25) is 0 Å². The summed E-state index contributed by atoms with van der Waals surface area (Å²) in [6.07, 6.45) is 4.81. The van der Waals surface area contributed by atoms with Gasteiger partial charge in [-0.05, 0) is 36.9 Å². The number of hydrogen-bond acceptors (Lipinski definition) is 3. The van der Waals surface area contributed by atoms with E-state index >= 15 is 0 Å². The highest BCUT2D eigenvalue weighted by atomic mass is 32.2. The lowest BCUT2D eigenvalue weighted by Gasteiger charge is -2.06. The Bertz CT molecular complexity index is 333. The quantitative estimate of drug-likeness (QED) is 0.520. The Hall–Kier alpha value is -0.960. The third-order valence-corrected chi connectivity index (χ3v) is 3.09. The molecule has 0 aromatic heterocycles. The molecule has 0 saturated carbocycles. The van der Waals surface area contributed by atoms with E-state index in [4.69, 9.17) is 4.74 Å². The zero-order chi connectivity index (χ0) is 12.5. The molecule has 1 rings (SSSR count). The Morgan fingerprint density at radius 2 is 2.00 bits per heavy atom. The largest absolute Gasteiger partial charge is 0.494 e. The molecule has 0 amide bonds. The topological polar surface area (TPSA) is 26.3 Å². The molecular weight excluding hydrogens is 232 g/mol. The first kappa shape index (κ1) is 14.1. The highest BCUT2D eigenvalue weighted by molar-refractivity contribution is 7.98. The SMILES string of the molecule is CCCCOc1ccc(C(=O)CCSC)cc1. The van der Waals surface area contributed by atoms with Crippen molar-refractivity contribution in [3.05, 3.63) is 29.8 Å². The second kappa shape index (κ2) is 8.18. The molecule has 0 aliphatic heterocycles. The van der Waals surface area contributed by atoms with Crippen molar-refractivity contribution in [1.29, 1.82) is 0 Å². The van der Waals surface area contributed by atoms with E-state index in [-0.39, 0.29) is 5.78 Å². The molecule has 0 aliphatic rings. The van der Waals surface area contributed by atoms with Crippen LogP contribution in [0.4, 0.5) is 0 Å². The Morgan fingerprint density at radius 3 is 2.59 bits per heavy atom. The summed E-state index contributed by atoms with van der Waals surface area (Å²) < 4.78 is 5.55. The zero-order valence-corrected chi connectivity index (χ0v) is 11.4. The van der Waals surface area contributed by atoms with Crippen LogP contribution in [0, 0.1) is 0 Å². The fourth-order valence-corrected chi connectivity index (χ4v) is 1.80. The van der Waals surface area contributed by atoms with Gasteiger partial charge in [-0.25, -0.2) is 0 Å². The number of hydrogen-bond donors (Lipinski definition) is 0. The molecule has 0 radical (unpaired) electrons. The molecular formula is C14H20O2S. The van der Waals surface area contributed by atoms with Gasteiger partial charge < -0.3 is 4.74 Å². The fraction of sp³-hybridized carbons (Fsp3) is 0.500. The predicted octanol–water partition coefficient (Wildman–Crippen LogP) is 3.80. The lowest BCUT2D eigenvalue weighted by Crippen LogP contribution is -2.01. The van der Waals surface area contributed by atoms with Gasteiger partial charge in [0.25, 0.3) is 0 Å². The smallest absolute Gasteiger partial charge is 0.163 e. The first-order chi connectivity index (χ1) is 8.27. The molecule has 0 atom stereocenters. The second-order valence-corrected chi connectivity index (χ2v) is 4.88. The molecule has 0 heterocycles. The molecule has 3 heteroatoms. The Morgan fingerprint density at radius 1 is 1.29 bits per heavy atom. The molecule has 1 aromatic carbocycles. The maximum Gasteiger partial charge on any atom is 0.163 e. The summed E-state index contributed by atoms with van der Waals surface area (Å²) in [6, 6.07) is 7.46. The minimum atomic E-state index is 0.208. The number of carbonyl (C=O) groups is 1. The molecule has 0 N–H and O–H groups in total. The standard InChI is InChI=1S/C14H20O2S/c1-3-4-10-16-13-7-5-12(6-8-13)14(15)9-11-17-2/h5-8H,3-4,9-11H2,1-2H3. The van der Waals surface area contributed by atoms with Crippen molar-refractivity contribution in [1.82, 2.24) is 0 Å². The van der Waals surface area contributed by atoms with Crippen molar-refractivity contribution in [3.63, 3.8) is 0 Å². The van der Waals surface area contributed by atoms with Crippen molar-refractivity contribution in [2.45, 2.75) is 26.2 Å². The zero-order valence-electron chi connectivity index (χ0n) is 10.6. The van der Waals surface area contributed by atoms with Gasteiger partial charge >= 0.3 is 0 Å². The van der Waals surface area contributed by atoms with E-state index in [9.17, 15) is 4.79 Å². The van der Waals surface area contributed by atoms with E-state index in [1.54, 1.807) is 11.8 Å². The summed E-state index contributed by atoms with van der Waals surface area (Å²) in [5, 5.41) is 0. The normalized spacial score (nSPS) is 10.2. The molecule has 94 valence electrons.